The number of halogens is 1. The second-order valence-electron chi connectivity index (χ2n) is 2.44. The van der Waals surface area contributed by atoms with E-state index in [4.69, 9.17) is 11.8 Å². The number of hydrogen-bond donors (Lipinski definition) is 0. The van der Waals surface area contributed by atoms with E-state index in [1.807, 2.05) is 11.6 Å². The minimum Gasteiger partial charge on any atom is -0.466 e. The summed E-state index contributed by atoms with van der Waals surface area (Å²) in [5.74, 6) is -0.305. The highest BCUT2D eigenvalue weighted by atomic mass is 35.5. The van der Waals surface area contributed by atoms with Gasteiger partial charge in [0.1, 0.15) is 18.3 Å². The SMILES string of the molecule is COC(=O)C1C[N+](C)=CN1Cl. The Kier molecular flexibility index (Phi) is 2.34. The summed E-state index contributed by atoms with van der Waals surface area (Å²) in [7, 11) is 3.20. The van der Waals surface area contributed by atoms with Gasteiger partial charge in [-0.05, 0) is 0 Å². The number of methoxy groups -OCH3 is 1. The van der Waals surface area contributed by atoms with Crippen molar-refractivity contribution in [3.8, 4) is 0 Å². The number of carbonyl (C=O) groups is 1. The van der Waals surface area contributed by atoms with Crippen LogP contribution in [0.5, 0.6) is 0 Å². The van der Waals surface area contributed by atoms with Gasteiger partial charge in [-0.25, -0.2) is 4.79 Å². The van der Waals surface area contributed by atoms with E-state index in [9.17, 15) is 4.79 Å². The molecule has 0 saturated carbocycles. The fourth-order valence-corrected chi connectivity index (χ4v) is 1.27. The van der Waals surface area contributed by atoms with Gasteiger partial charge in [0.25, 0.3) is 6.34 Å². The van der Waals surface area contributed by atoms with Crippen LogP contribution in [0.1, 0.15) is 0 Å². The first-order valence-electron chi connectivity index (χ1n) is 3.22. The van der Waals surface area contributed by atoms with Crippen LogP contribution >= 0.6 is 11.8 Å². The van der Waals surface area contributed by atoms with E-state index in [1.54, 1.807) is 6.34 Å². The summed E-state index contributed by atoms with van der Waals surface area (Å²) in [6, 6.07) is -0.369. The van der Waals surface area contributed by atoms with Gasteiger partial charge >= 0.3 is 5.97 Å². The molecule has 5 heteroatoms. The Bertz CT molecular complexity index is 205. The molecule has 0 N–H and O–H groups in total. The molecule has 1 aliphatic rings. The average Bonchev–Trinajstić information content (AvgIpc) is 2.28. The zero-order chi connectivity index (χ0) is 8.43. The first-order valence-corrected chi connectivity index (χ1v) is 3.56. The lowest BCUT2D eigenvalue weighted by Crippen LogP contribution is -2.34. The van der Waals surface area contributed by atoms with Crippen molar-refractivity contribution >= 4 is 24.1 Å². The summed E-state index contributed by atoms with van der Waals surface area (Å²) in [5, 5.41) is 0. The highest BCUT2D eigenvalue weighted by Gasteiger charge is 2.36. The summed E-state index contributed by atoms with van der Waals surface area (Å²) in [4.78, 5) is 11.0. The summed E-state index contributed by atoms with van der Waals surface area (Å²) in [6.45, 7) is 0.580. The zero-order valence-corrected chi connectivity index (χ0v) is 7.21. The average molecular weight is 178 g/mol. The van der Waals surface area contributed by atoms with Gasteiger partial charge in [0.2, 0.25) is 6.04 Å². The first kappa shape index (κ1) is 8.33. The highest BCUT2D eigenvalue weighted by Crippen LogP contribution is 2.08. The van der Waals surface area contributed by atoms with E-state index < -0.39 is 0 Å². The molecule has 11 heavy (non-hydrogen) atoms. The minimum atomic E-state index is -0.369. The van der Waals surface area contributed by atoms with E-state index in [1.165, 1.54) is 11.5 Å². The first-order chi connectivity index (χ1) is 5.15. The topological polar surface area (TPSA) is 32.6 Å². The Labute approximate surface area is 70.1 Å². The standard InChI is InChI=1S/C6H10ClN2O2/c1-8-3-5(6(10)11-2)9(7)4-8/h4-5H,3H2,1-2H3/q+1. The van der Waals surface area contributed by atoms with E-state index >= 15 is 0 Å². The largest absolute Gasteiger partial charge is 0.466 e. The molecule has 0 bridgehead atoms. The van der Waals surface area contributed by atoms with Crippen molar-refractivity contribution in [1.29, 1.82) is 0 Å². The smallest absolute Gasteiger partial charge is 0.356 e. The van der Waals surface area contributed by atoms with Crippen molar-refractivity contribution < 1.29 is 14.1 Å². The van der Waals surface area contributed by atoms with E-state index in [0.29, 0.717) is 6.54 Å². The van der Waals surface area contributed by atoms with Gasteiger partial charge in [-0.1, -0.05) is 0 Å². The summed E-state index contributed by atoms with van der Waals surface area (Å²) < 4.78 is 7.69. The Morgan fingerprint density at radius 1 is 1.91 bits per heavy atom. The predicted octanol–water partition coefficient (Wildman–Crippen LogP) is -0.332. The molecule has 62 valence electrons. The molecule has 4 nitrogen and oxygen atoms in total. The van der Waals surface area contributed by atoms with Gasteiger partial charge in [-0.15, -0.1) is 4.42 Å². The van der Waals surface area contributed by atoms with Crippen LogP contribution in [-0.4, -0.2) is 48.0 Å². The molecule has 0 aromatic heterocycles. The molecular weight excluding hydrogens is 168 g/mol. The summed E-state index contributed by atoms with van der Waals surface area (Å²) in [6.07, 6.45) is 1.66. The van der Waals surface area contributed by atoms with Crippen LogP contribution < -0.4 is 0 Å². The molecule has 1 rings (SSSR count). The third kappa shape index (κ3) is 1.63. The lowest BCUT2D eigenvalue weighted by atomic mass is 10.3. The Morgan fingerprint density at radius 3 is 2.91 bits per heavy atom. The van der Waals surface area contributed by atoms with Gasteiger partial charge in [0.05, 0.1) is 14.2 Å². The molecule has 0 radical (unpaired) electrons. The quantitative estimate of drug-likeness (QED) is 0.312. The predicted molar refractivity (Wildman–Crippen MR) is 40.6 cm³/mol. The van der Waals surface area contributed by atoms with Gasteiger partial charge in [0, 0.05) is 0 Å². The lowest BCUT2D eigenvalue weighted by molar-refractivity contribution is -0.484. The summed E-state index contributed by atoms with van der Waals surface area (Å²) >= 11 is 5.68. The second-order valence-corrected chi connectivity index (χ2v) is 2.83. The van der Waals surface area contributed by atoms with Crippen LogP contribution in [0.25, 0.3) is 0 Å². The number of ether oxygens (including phenoxy) is 1. The maximum atomic E-state index is 11.0. The normalized spacial score (nSPS) is 23.4. The third-order valence-corrected chi connectivity index (χ3v) is 1.86. The van der Waals surface area contributed by atoms with Gasteiger partial charge < -0.3 is 4.74 Å². The maximum Gasteiger partial charge on any atom is 0.356 e. The molecule has 0 aromatic rings. The molecule has 1 aliphatic heterocycles. The van der Waals surface area contributed by atoms with Crippen LogP contribution in [-0.2, 0) is 9.53 Å². The maximum absolute atomic E-state index is 11.0. The molecule has 0 saturated heterocycles. The number of nitrogens with zero attached hydrogens (tertiary/aromatic N) is 2. The van der Waals surface area contributed by atoms with Crippen LogP contribution in [0.15, 0.2) is 0 Å². The number of esters is 1. The Balaban J connectivity index is 2.59. The molecule has 0 spiro atoms. The van der Waals surface area contributed by atoms with Crippen LogP contribution in [0.2, 0.25) is 0 Å². The van der Waals surface area contributed by atoms with Crippen molar-refractivity contribution in [2.24, 2.45) is 0 Å². The number of likely N-dealkylation sites (N-methyl/N-ethyl adjacent to an activating group) is 1. The summed E-state index contributed by atoms with van der Waals surface area (Å²) in [5.41, 5.74) is 0. The molecule has 1 unspecified atom stereocenters. The number of carbonyl (C=O) groups excluding carboxylic acids is 1. The molecule has 0 amide bonds. The number of hydrogen-bond acceptors (Lipinski definition) is 3. The highest BCUT2D eigenvalue weighted by molar-refractivity contribution is 6.20. The van der Waals surface area contributed by atoms with Crippen LogP contribution in [0.3, 0.4) is 0 Å². The van der Waals surface area contributed by atoms with Crippen molar-refractivity contribution in [3.05, 3.63) is 0 Å². The van der Waals surface area contributed by atoms with Crippen LogP contribution in [0, 0.1) is 0 Å². The van der Waals surface area contributed by atoms with Crippen LogP contribution in [0.4, 0.5) is 0 Å². The molecule has 1 heterocycles. The molecule has 0 aromatic carbocycles. The molecule has 0 fully saturated rings. The van der Waals surface area contributed by atoms with Crippen molar-refractivity contribution in [2.75, 3.05) is 20.7 Å². The van der Waals surface area contributed by atoms with Crippen molar-refractivity contribution in [3.63, 3.8) is 0 Å². The monoisotopic (exact) mass is 177 g/mol. The number of rotatable bonds is 1. The molecular formula is C6H10ClN2O2+. The Hall–Kier alpha value is -0.770. The van der Waals surface area contributed by atoms with Crippen molar-refractivity contribution in [2.45, 2.75) is 6.04 Å². The van der Waals surface area contributed by atoms with Gasteiger partial charge in [-0.2, -0.15) is 0 Å². The molecule has 1 atom stereocenters. The van der Waals surface area contributed by atoms with E-state index in [-0.39, 0.29) is 12.0 Å². The van der Waals surface area contributed by atoms with Crippen molar-refractivity contribution in [1.82, 2.24) is 4.42 Å². The fourth-order valence-electron chi connectivity index (χ4n) is 0.978. The second kappa shape index (κ2) is 3.09. The van der Waals surface area contributed by atoms with E-state index in [2.05, 4.69) is 4.74 Å². The van der Waals surface area contributed by atoms with Gasteiger partial charge in [-0.3, -0.25) is 4.58 Å². The minimum absolute atomic E-state index is 0.305. The zero-order valence-electron chi connectivity index (χ0n) is 6.45. The van der Waals surface area contributed by atoms with Gasteiger partial charge in [0.15, 0.2) is 0 Å². The lowest BCUT2D eigenvalue weighted by Gasteiger charge is -2.05. The Morgan fingerprint density at radius 2 is 2.55 bits per heavy atom. The fraction of sp³-hybridized carbons (Fsp3) is 0.667. The third-order valence-electron chi connectivity index (χ3n) is 1.54. The van der Waals surface area contributed by atoms with E-state index in [0.717, 1.165) is 0 Å². The molecule has 0 aliphatic carbocycles.